The van der Waals surface area contributed by atoms with Gasteiger partial charge in [0.2, 0.25) is 0 Å². The highest BCUT2D eigenvalue weighted by molar-refractivity contribution is 5.87. The Bertz CT molecular complexity index is 82.0. The molecule has 3 nitrogen and oxygen atoms in total. The van der Waals surface area contributed by atoms with Crippen molar-refractivity contribution in [3.05, 3.63) is 0 Å². The molecule has 4 heteroatoms. The van der Waals surface area contributed by atoms with E-state index in [1.54, 1.807) is 0 Å². The minimum atomic E-state index is -1.28. The van der Waals surface area contributed by atoms with E-state index in [0.29, 0.717) is 12.6 Å². The maximum absolute atomic E-state index is 9.70. The van der Waals surface area contributed by atoms with Crippen molar-refractivity contribution in [2.24, 2.45) is 5.73 Å². The lowest BCUT2D eigenvalue weighted by atomic mass is 10.1. The van der Waals surface area contributed by atoms with Crippen LogP contribution in [0.2, 0.25) is 0 Å². The molecule has 0 aromatic carbocycles. The average Bonchev–Trinajstić information content (AvgIpc) is 1.68. The summed E-state index contributed by atoms with van der Waals surface area (Å²) in [6.45, 7) is 1.34. The highest BCUT2D eigenvalue weighted by atomic mass is 35.5. The van der Waals surface area contributed by atoms with Gasteiger partial charge in [0.25, 0.3) is 0 Å². The van der Waals surface area contributed by atoms with Crippen molar-refractivity contribution in [2.45, 2.75) is 12.5 Å². The summed E-state index contributed by atoms with van der Waals surface area (Å²) in [5, 5.41) is 0. The predicted molar refractivity (Wildman–Crippen MR) is 32.0 cm³/mol. The topological polar surface area (TPSA) is 60.2 Å². The van der Waals surface area contributed by atoms with Gasteiger partial charge in [0, 0.05) is 0 Å². The Morgan fingerprint density at radius 3 is 1.62 bits per heavy atom. The van der Waals surface area contributed by atoms with E-state index in [1.165, 1.54) is 6.92 Å². The summed E-state index contributed by atoms with van der Waals surface area (Å²) in [6.07, 6.45) is 0.806. The molecule has 0 saturated heterocycles. The van der Waals surface area contributed by atoms with E-state index < -0.39 is 5.54 Å². The molecule has 0 radical (unpaired) electrons. The van der Waals surface area contributed by atoms with Crippen molar-refractivity contribution < 1.29 is 9.59 Å². The number of carbonyl (C=O) groups excluding carboxylic acids is 2. The first kappa shape index (κ1) is 10.5. The first-order chi connectivity index (χ1) is 3.12. The third-order valence-electron chi connectivity index (χ3n) is 0.508. The van der Waals surface area contributed by atoms with Crippen LogP contribution in [0.3, 0.4) is 0 Å². The molecule has 0 amide bonds. The Morgan fingerprint density at radius 1 is 1.38 bits per heavy atom. The zero-order valence-electron chi connectivity index (χ0n) is 4.46. The van der Waals surface area contributed by atoms with Gasteiger partial charge in [-0.1, -0.05) is 0 Å². The Morgan fingerprint density at radius 2 is 1.62 bits per heavy atom. The summed E-state index contributed by atoms with van der Waals surface area (Å²) in [5.74, 6) is 0. The summed E-state index contributed by atoms with van der Waals surface area (Å²) < 4.78 is 0. The number of rotatable bonds is 2. The van der Waals surface area contributed by atoms with E-state index >= 15 is 0 Å². The fraction of sp³-hybridized carbons (Fsp3) is 0.500. The Hall–Kier alpha value is -0.410. The van der Waals surface area contributed by atoms with Gasteiger partial charge < -0.3 is 15.3 Å². The number of carbonyl (C=O) groups is 2. The van der Waals surface area contributed by atoms with E-state index in [0.717, 1.165) is 0 Å². The fourth-order valence-electron chi connectivity index (χ4n) is 0.0278. The minimum Gasteiger partial charge on any atom is -0.314 e. The molecule has 0 aliphatic rings. The summed E-state index contributed by atoms with van der Waals surface area (Å²) in [4.78, 5) is 19.4. The highest BCUT2D eigenvalue weighted by Gasteiger charge is 2.13. The lowest BCUT2D eigenvalue weighted by molar-refractivity contribution is -0.120. The third kappa shape index (κ3) is 3.77. The number of halogens is 1. The van der Waals surface area contributed by atoms with Crippen molar-refractivity contribution >= 4 is 25.0 Å². The molecule has 0 atom stereocenters. The molecule has 0 aliphatic carbocycles. The van der Waals surface area contributed by atoms with Crippen LogP contribution in [0, 0.1) is 0 Å². The molecular weight excluding hydrogens is 130 g/mol. The van der Waals surface area contributed by atoms with Gasteiger partial charge in [-0.25, -0.2) is 0 Å². The van der Waals surface area contributed by atoms with Gasteiger partial charge in [-0.3, -0.25) is 0 Å². The number of aldehydes is 2. The molecule has 0 aliphatic heterocycles. The average molecular weight is 138 g/mol. The van der Waals surface area contributed by atoms with Crippen LogP contribution in [-0.4, -0.2) is 18.1 Å². The second-order valence-electron chi connectivity index (χ2n) is 1.60. The molecule has 0 rings (SSSR count). The van der Waals surface area contributed by atoms with E-state index in [4.69, 9.17) is 5.73 Å². The highest BCUT2D eigenvalue weighted by Crippen LogP contribution is 1.83. The molecule has 0 bridgehead atoms. The Balaban J connectivity index is 0. The fourth-order valence-corrected chi connectivity index (χ4v) is 0.0278. The van der Waals surface area contributed by atoms with Crippen LogP contribution in [0.25, 0.3) is 0 Å². The lowest BCUT2D eigenvalue weighted by Gasteiger charge is -2.02. The van der Waals surface area contributed by atoms with Gasteiger partial charge in [0.1, 0.15) is 18.1 Å². The molecule has 0 aromatic rings. The van der Waals surface area contributed by atoms with Crippen LogP contribution in [0.15, 0.2) is 0 Å². The summed E-state index contributed by atoms with van der Waals surface area (Å²) in [5.41, 5.74) is 3.70. The minimum absolute atomic E-state index is 0. The van der Waals surface area contributed by atoms with Crippen molar-refractivity contribution in [2.75, 3.05) is 0 Å². The van der Waals surface area contributed by atoms with Crippen molar-refractivity contribution in [3.63, 3.8) is 0 Å². The van der Waals surface area contributed by atoms with Crippen LogP contribution < -0.4 is 5.73 Å². The number of nitrogens with two attached hydrogens (primary N) is 1. The normalized spacial score (nSPS) is 9.25. The van der Waals surface area contributed by atoms with E-state index in [9.17, 15) is 9.59 Å². The second kappa shape index (κ2) is 3.57. The quantitative estimate of drug-likeness (QED) is 0.413. The molecule has 0 fully saturated rings. The number of hydrogen-bond donors (Lipinski definition) is 1. The van der Waals surface area contributed by atoms with Crippen LogP contribution in [0.5, 0.6) is 0 Å². The summed E-state index contributed by atoms with van der Waals surface area (Å²) in [7, 11) is 0. The molecule has 48 valence electrons. The lowest BCUT2D eigenvalue weighted by Crippen LogP contribution is -2.39. The first-order valence-corrected chi connectivity index (χ1v) is 1.84. The van der Waals surface area contributed by atoms with Gasteiger partial charge in [-0.2, -0.15) is 0 Å². The van der Waals surface area contributed by atoms with Gasteiger partial charge in [0.05, 0.1) is 0 Å². The van der Waals surface area contributed by atoms with Crippen molar-refractivity contribution in [1.82, 2.24) is 0 Å². The summed E-state index contributed by atoms with van der Waals surface area (Å²) in [6, 6.07) is 0. The third-order valence-corrected chi connectivity index (χ3v) is 0.508. The molecule has 8 heavy (non-hydrogen) atoms. The van der Waals surface area contributed by atoms with Crippen LogP contribution in [0.1, 0.15) is 6.92 Å². The molecule has 0 heterocycles. The van der Waals surface area contributed by atoms with Crippen molar-refractivity contribution in [3.8, 4) is 0 Å². The first-order valence-electron chi connectivity index (χ1n) is 1.84. The van der Waals surface area contributed by atoms with Crippen molar-refractivity contribution in [1.29, 1.82) is 0 Å². The zero-order valence-corrected chi connectivity index (χ0v) is 5.27. The second-order valence-corrected chi connectivity index (χ2v) is 1.60. The summed E-state index contributed by atoms with van der Waals surface area (Å²) >= 11 is 0. The van der Waals surface area contributed by atoms with Gasteiger partial charge in [-0.15, -0.1) is 12.4 Å². The molecule has 0 spiro atoms. The maximum atomic E-state index is 9.70. The van der Waals surface area contributed by atoms with Crippen LogP contribution >= 0.6 is 12.4 Å². The standard InChI is InChI=1S/C4H7NO2.ClH/c1-4(5,2-6)3-7;/h2-3H,5H2,1H3;1H. The zero-order chi connectivity index (χ0) is 5.91. The van der Waals surface area contributed by atoms with E-state index in [1.807, 2.05) is 0 Å². The Labute approximate surface area is 53.7 Å². The molecule has 0 aromatic heterocycles. The largest absolute Gasteiger partial charge is 0.314 e. The van der Waals surface area contributed by atoms with Gasteiger partial charge in [0.15, 0.2) is 0 Å². The van der Waals surface area contributed by atoms with Gasteiger partial charge in [-0.05, 0) is 6.92 Å². The molecule has 0 saturated carbocycles. The predicted octanol–water partition coefficient (Wildman–Crippen LogP) is -0.477. The maximum Gasteiger partial charge on any atom is 0.146 e. The monoisotopic (exact) mass is 137 g/mol. The molecule has 0 unspecified atom stereocenters. The SMILES string of the molecule is CC(N)(C=O)C=O.Cl. The Kier molecular flexibility index (Phi) is 4.71. The van der Waals surface area contributed by atoms with Crippen LogP contribution in [0.4, 0.5) is 0 Å². The van der Waals surface area contributed by atoms with Crippen LogP contribution in [-0.2, 0) is 9.59 Å². The van der Waals surface area contributed by atoms with Gasteiger partial charge >= 0.3 is 0 Å². The molecular formula is C4H8ClNO2. The van der Waals surface area contributed by atoms with E-state index in [-0.39, 0.29) is 12.4 Å². The van der Waals surface area contributed by atoms with E-state index in [2.05, 4.69) is 0 Å². The molecule has 2 N–H and O–H groups in total. The number of hydrogen-bond acceptors (Lipinski definition) is 3. The smallest absolute Gasteiger partial charge is 0.146 e.